The van der Waals surface area contributed by atoms with Gasteiger partial charge in [-0.1, -0.05) is 11.6 Å². The number of carbonyl (C=O) groups is 2. The number of aldehydes is 1. The van der Waals surface area contributed by atoms with Crippen LogP contribution >= 0.6 is 11.6 Å². The van der Waals surface area contributed by atoms with Gasteiger partial charge in [0.2, 0.25) is 5.78 Å². The molecule has 0 atom stereocenters. The van der Waals surface area contributed by atoms with Crippen molar-refractivity contribution in [2.75, 3.05) is 5.73 Å². The molecule has 0 saturated carbocycles. The standard InChI is InChI=1S/C10H6ClN3O2/c11-6-2-8-5(1-7(6)12)10(9(16)3-15)14-4-13-8/h1-4H,12H2. The van der Waals surface area contributed by atoms with Gasteiger partial charge in [0.25, 0.3) is 0 Å². The van der Waals surface area contributed by atoms with E-state index in [9.17, 15) is 9.59 Å². The van der Waals surface area contributed by atoms with E-state index in [4.69, 9.17) is 17.3 Å². The average Bonchev–Trinajstić information content (AvgIpc) is 2.29. The highest BCUT2D eigenvalue weighted by atomic mass is 35.5. The Morgan fingerprint density at radius 1 is 1.38 bits per heavy atom. The van der Waals surface area contributed by atoms with Crippen LogP contribution in [0.5, 0.6) is 0 Å². The Balaban J connectivity index is 2.81. The van der Waals surface area contributed by atoms with E-state index < -0.39 is 5.78 Å². The molecule has 0 unspecified atom stereocenters. The summed E-state index contributed by atoms with van der Waals surface area (Å²) in [4.78, 5) is 29.4. The molecule has 2 rings (SSSR count). The van der Waals surface area contributed by atoms with Gasteiger partial charge in [-0.25, -0.2) is 9.97 Å². The number of benzene rings is 1. The first kappa shape index (κ1) is 10.5. The van der Waals surface area contributed by atoms with E-state index in [1.807, 2.05) is 0 Å². The number of Topliss-reactive ketones (excluding diaryl/α,β-unsaturated/α-hetero) is 1. The smallest absolute Gasteiger partial charge is 0.244 e. The first-order valence-corrected chi connectivity index (χ1v) is 4.70. The van der Waals surface area contributed by atoms with Crippen LogP contribution < -0.4 is 5.73 Å². The van der Waals surface area contributed by atoms with Crippen molar-refractivity contribution < 1.29 is 9.59 Å². The molecule has 0 saturated heterocycles. The van der Waals surface area contributed by atoms with Crippen LogP contribution in [0.4, 0.5) is 5.69 Å². The number of hydrogen-bond donors (Lipinski definition) is 1. The lowest BCUT2D eigenvalue weighted by Crippen LogP contribution is -2.05. The quantitative estimate of drug-likeness (QED) is 0.366. The normalized spacial score (nSPS) is 10.3. The molecule has 0 aliphatic heterocycles. The van der Waals surface area contributed by atoms with Gasteiger partial charge in [-0.2, -0.15) is 0 Å². The molecular weight excluding hydrogens is 230 g/mol. The van der Waals surface area contributed by atoms with E-state index in [1.165, 1.54) is 18.5 Å². The summed E-state index contributed by atoms with van der Waals surface area (Å²) in [6.45, 7) is 0. The molecule has 1 heterocycles. The molecule has 0 aliphatic carbocycles. The molecule has 2 aromatic rings. The Morgan fingerprint density at radius 2 is 2.12 bits per heavy atom. The van der Waals surface area contributed by atoms with Crippen molar-refractivity contribution in [1.29, 1.82) is 0 Å². The van der Waals surface area contributed by atoms with E-state index in [-0.39, 0.29) is 12.0 Å². The minimum atomic E-state index is -0.714. The monoisotopic (exact) mass is 235 g/mol. The molecule has 0 bridgehead atoms. The van der Waals surface area contributed by atoms with Gasteiger partial charge in [-0.15, -0.1) is 0 Å². The first-order chi connectivity index (χ1) is 7.63. The lowest BCUT2D eigenvalue weighted by Gasteiger charge is -2.03. The number of aromatic nitrogens is 2. The second-order valence-corrected chi connectivity index (χ2v) is 3.50. The molecule has 0 aliphatic rings. The predicted octanol–water partition coefficient (Wildman–Crippen LogP) is 1.25. The molecule has 0 fully saturated rings. The van der Waals surface area contributed by atoms with Gasteiger partial charge in [0, 0.05) is 5.39 Å². The molecule has 1 aromatic heterocycles. The van der Waals surface area contributed by atoms with Gasteiger partial charge < -0.3 is 5.73 Å². The topological polar surface area (TPSA) is 85.9 Å². The Kier molecular flexibility index (Phi) is 2.54. The summed E-state index contributed by atoms with van der Waals surface area (Å²) in [5.41, 5.74) is 6.42. The Labute approximate surface area is 95.2 Å². The average molecular weight is 236 g/mol. The second-order valence-electron chi connectivity index (χ2n) is 3.10. The van der Waals surface area contributed by atoms with Crippen LogP contribution in [0.2, 0.25) is 5.02 Å². The van der Waals surface area contributed by atoms with E-state index in [2.05, 4.69) is 9.97 Å². The zero-order valence-electron chi connectivity index (χ0n) is 7.98. The lowest BCUT2D eigenvalue weighted by molar-refractivity contribution is -0.104. The largest absolute Gasteiger partial charge is 0.398 e. The Morgan fingerprint density at radius 3 is 2.81 bits per heavy atom. The van der Waals surface area contributed by atoms with Gasteiger partial charge >= 0.3 is 0 Å². The van der Waals surface area contributed by atoms with E-state index in [0.29, 0.717) is 21.6 Å². The zero-order valence-corrected chi connectivity index (χ0v) is 8.73. The highest BCUT2D eigenvalue weighted by molar-refractivity contribution is 6.36. The fourth-order valence-electron chi connectivity index (χ4n) is 1.35. The number of fused-ring (bicyclic) bond motifs is 1. The molecule has 6 heteroatoms. The molecular formula is C10H6ClN3O2. The van der Waals surface area contributed by atoms with Crippen LogP contribution in [-0.4, -0.2) is 22.0 Å². The summed E-state index contributed by atoms with van der Waals surface area (Å²) >= 11 is 5.81. The number of anilines is 1. The number of nitrogen functional groups attached to an aromatic ring is 1. The van der Waals surface area contributed by atoms with Gasteiger partial charge in [-0.05, 0) is 12.1 Å². The number of halogens is 1. The Hall–Kier alpha value is -2.01. The summed E-state index contributed by atoms with van der Waals surface area (Å²) in [6.07, 6.45) is 1.40. The van der Waals surface area contributed by atoms with Crippen molar-refractivity contribution in [2.24, 2.45) is 0 Å². The Bertz CT molecular complexity index is 598. The van der Waals surface area contributed by atoms with Crippen LogP contribution in [0.3, 0.4) is 0 Å². The SMILES string of the molecule is Nc1cc2c(C(=O)C=O)ncnc2cc1Cl. The summed E-state index contributed by atoms with van der Waals surface area (Å²) in [5, 5.41) is 0.761. The van der Waals surface area contributed by atoms with Crippen molar-refractivity contribution >= 4 is 40.3 Å². The number of carbonyl (C=O) groups excluding carboxylic acids is 2. The maximum absolute atomic E-state index is 11.3. The van der Waals surface area contributed by atoms with Gasteiger partial charge in [0.1, 0.15) is 12.0 Å². The van der Waals surface area contributed by atoms with Crippen molar-refractivity contribution in [1.82, 2.24) is 9.97 Å². The van der Waals surface area contributed by atoms with Crippen molar-refractivity contribution in [3.05, 3.63) is 29.2 Å². The van der Waals surface area contributed by atoms with Crippen LogP contribution in [0.15, 0.2) is 18.5 Å². The highest BCUT2D eigenvalue weighted by Gasteiger charge is 2.12. The third-order valence-electron chi connectivity index (χ3n) is 2.09. The maximum atomic E-state index is 11.3. The van der Waals surface area contributed by atoms with Crippen molar-refractivity contribution in [3.8, 4) is 0 Å². The van der Waals surface area contributed by atoms with E-state index in [1.54, 1.807) is 0 Å². The van der Waals surface area contributed by atoms with Crippen LogP contribution in [0.1, 0.15) is 10.5 Å². The van der Waals surface area contributed by atoms with Gasteiger partial charge in [0.15, 0.2) is 6.29 Å². The molecule has 5 nitrogen and oxygen atoms in total. The van der Waals surface area contributed by atoms with Crippen LogP contribution in [-0.2, 0) is 4.79 Å². The number of ketones is 1. The second kappa shape index (κ2) is 3.86. The van der Waals surface area contributed by atoms with E-state index >= 15 is 0 Å². The molecule has 0 radical (unpaired) electrons. The van der Waals surface area contributed by atoms with Crippen molar-refractivity contribution in [3.63, 3.8) is 0 Å². The number of nitrogens with zero attached hydrogens (tertiary/aromatic N) is 2. The fraction of sp³-hybridized carbons (Fsp3) is 0. The minimum absolute atomic E-state index is 0.0309. The lowest BCUT2D eigenvalue weighted by atomic mass is 10.1. The summed E-state index contributed by atoms with van der Waals surface area (Å²) in [6, 6.07) is 3.00. The molecule has 1 aromatic carbocycles. The summed E-state index contributed by atoms with van der Waals surface area (Å²) < 4.78 is 0. The molecule has 16 heavy (non-hydrogen) atoms. The fourth-order valence-corrected chi connectivity index (χ4v) is 1.50. The minimum Gasteiger partial charge on any atom is -0.398 e. The van der Waals surface area contributed by atoms with Gasteiger partial charge in [0.05, 0.1) is 16.2 Å². The summed E-state index contributed by atoms with van der Waals surface area (Å²) in [7, 11) is 0. The third kappa shape index (κ3) is 1.61. The van der Waals surface area contributed by atoms with Crippen LogP contribution in [0.25, 0.3) is 10.9 Å². The third-order valence-corrected chi connectivity index (χ3v) is 2.42. The number of nitrogens with two attached hydrogens (primary N) is 1. The van der Waals surface area contributed by atoms with Crippen LogP contribution in [0, 0.1) is 0 Å². The molecule has 0 spiro atoms. The number of hydrogen-bond acceptors (Lipinski definition) is 5. The molecule has 80 valence electrons. The predicted molar refractivity (Wildman–Crippen MR) is 59.4 cm³/mol. The maximum Gasteiger partial charge on any atom is 0.244 e. The van der Waals surface area contributed by atoms with Crippen molar-refractivity contribution in [2.45, 2.75) is 0 Å². The molecule has 0 amide bonds. The zero-order chi connectivity index (χ0) is 11.7. The number of rotatable bonds is 2. The summed E-state index contributed by atoms with van der Waals surface area (Å²) in [5.74, 6) is -0.714. The molecule has 2 N–H and O–H groups in total. The van der Waals surface area contributed by atoms with Gasteiger partial charge in [-0.3, -0.25) is 9.59 Å². The highest BCUT2D eigenvalue weighted by Crippen LogP contribution is 2.25. The first-order valence-electron chi connectivity index (χ1n) is 4.32. The van der Waals surface area contributed by atoms with E-state index in [0.717, 1.165) is 0 Å².